The molecule has 1 aromatic rings. The number of Topliss-reactive ketones (excluding diaryl/α,β-unsaturated/α-hetero) is 1. The summed E-state index contributed by atoms with van der Waals surface area (Å²) in [7, 11) is 3.03. The third-order valence-electron chi connectivity index (χ3n) is 2.34. The van der Waals surface area contributed by atoms with Crippen molar-refractivity contribution in [3.8, 4) is 11.5 Å². The number of carbonyl (C=O) groups is 2. The lowest BCUT2D eigenvalue weighted by Gasteiger charge is -2.09. The summed E-state index contributed by atoms with van der Waals surface area (Å²) in [6.07, 6.45) is 0.148. The topological polar surface area (TPSA) is 61.8 Å². The van der Waals surface area contributed by atoms with Gasteiger partial charge < -0.3 is 14.2 Å². The Kier molecular flexibility index (Phi) is 5.17. The van der Waals surface area contributed by atoms with Crippen molar-refractivity contribution in [1.82, 2.24) is 0 Å². The van der Waals surface area contributed by atoms with Gasteiger partial charge in [0.15, 0.2) is 17.3 Å². The molecule has 0 fully saturated rings. The number of ether oxygens (including phenoxy) is 3. The van der Waals surface area contributed by atoms with Crippen molar-refractivity contribution in [2.75, 3.05) is 20.8 Å². The van der Waals surface area contributed by atoms with Gasteiger partial charge in [-0.2, -0.15) is 0 Å². The molecule has 5 heteroatoms. The molecule has 1 rings (SSSR count). The van der Waals surface area contributed by atoms with Crippen LogP contribution in [0, 0.1) is 0 Å². The molecule has 0 atom stereocenters. The Labute approximate surface area is 106 Å². The largest absolute Gasteiger partial charge is 0.493 e. The van der Waals surface area contributed by atoms with Crippen LogP contribution in [0.3, 0.4) is 0 Å². The molecular formula is C13H16O5. The zero-order valence-corrected chi connectivity index (χ0v) is 10.7. The van der Waals surface area contributed by atoms with E-state index in [1.54, 1.807) is 18.2 Å². The third kappa shape index (κ3) is 3.76. The van der Waals surface area contributed by atoms with E-state index in [-0.39, 0.29) is 18.8 Å². The van der Waals surface area contributed by atoms with Gasteiger partial charge in [-0.15, -0.1) is 0 Å². The molecule has 0 aromatic heterocycles. The van der Waals surface area contributed by atoms with Gasteiger partial charge >= 0.3 is 5.97 Å². The summed E-state index contributed by atoms with van der Waals surface area (Å²) in [5, 5.41) is 0. The van der Waals surface area contributed by atoms with Gasteiger partial charge in [0.25, 0.3) is 0 Å². The molecule has 0 saturated carbocycles. The molecule has 0 spiro atoms. The number of carbonyl (C=O) groups excluding carboxylic acids is 2. The van der Waals surface area contributed by atoms with Crippen LogP contribution >= 0.6 is 0 Å². The molecule has 0 saturated heterocycles. The van der Waals surface area contributed by atoms with E-state index < -0.39 is 5.97 Å². The average Bonchev–Trinajstić information content (AvgIpc) is 2.37. The van der Waals surface area contributed by atoms with Gasteiger partial charge in [0.2, 0.25) is 0 Å². The van der Waals surface area contributed by atoms with Crippen molar-refractivity contribution >= 4 is 11.8 Å². The molecule has 0 heterocycles. The summed E-state index contributed by atoms with van der Waals surface area (Å²) in [6.45, 7) is 1.39. The second-order valence-corrected chi connectivity index (χ2v) is 3.58. The summed E-state index contributed by atoms with van der Waals surface area (Å²) in [4.78, 5) is 22.4. The van der Waals surface area contributed by atoms with E-state index in [2.05, 4.69) is 0 Å². The number of hydrogen-bond donors (Lipinski definition) is 0. The zero-order valence-electron chi connectivity index (χ0n) is 10.7. The molecule has 98 valence electrons. The van der Waals surface area contributed by atoms with E-state index in [1.165, 1.54) is 21.1 Å². The van der Waals surface area contributed by atoms with Gasteiger partial charge in [-0.1, -0.05) is 0 Å². The van der Waals surface area contributed by atoms with E-state index in [1.807, 2.05) is 0 Å². The lowest BCUT2D eigenvalue weighted by atomic mass is 10.1. The molecule has 0 aliphatic carbocycles. The third-order valence-corrected chi connectivity index (χ3v) is 2.34. The molecule has 18 heavy (non-hydrogen) atoms. The quantitative estimate of drug-likeness (QED) is 0.571. The van der Waals surface area contributed by atoms with Crippen LogP contribution in [0.15, 0.2) is 18.2 Å². The Balaban J connectivity index is 2.71. The fraction of sp³-hybridized carbons (Fsp3) is 0.385. The minimum atomic E-state index is -0.393. The number of benzene rings is 1. The molecule has 0 N–H and O–H groups in total. The minimum Gasteiger partial charge on any atom is -0.493 e. The monoisotopic (exact) mass is 252 g/mol. The number of rotatable bonds is 6. The van der Waals surface area contributed by atoms with Crippen molar-refractivity contribution in [3.63, 3.8) is 0 Å². The van der Waals surface area contributed by atoms with E-state index in [0.29, 0.717) is 17.1 Å². The van der Waals surface area contributed by atoms with Gasteiger partial charge in [0.05, 0.1) is 20.8 Å². The lowest BCUT2D eigenvalue weighted by molar-refractivity contribution is -0.140. The normalized spacial score (nSPS) is 9.72. The van der Waals surface area contributed by atoms with Gasteiger partial charge in [0.1, 0.15) is 0 Å². The highest BCUT2D eigenvalue weighted by Gasteiger charge is 2.11. The summed E-state index contributed by atoms with van der Waals surface area (Å²) >= 11 is 0. The Hall–Kier alpha value is -2.04. The molecular weight excluding hydrogens is 236 g/mol. The average molecular weight is 252 g/mol. The van der Waals surface area contributed by atoms with Crippen LogP contribution in [0.4, 0.5) is 0 Å². The Morgan fingerprint density at radius 2 is 1.78 bits per heavy atom. The van der Waals surface area contributed by atoms with Crippen molar-refractivity contribution in [2.45, 2.75) is 13.3 Å². The number of hydrogen-bond acceptors (Lipinski definition) is 5. The van der Waals surface area contributed by atoms with Gasteiger partial charge in [-0.05, 0) is 18.2 Å². The molecule has 0 amide bonds. The summed E-state index contributed by atoms with van der Waals surface area (Å²) in [5.41, 5.74) is 0.500. The second kappa shape index (κ2) is 6.64. The van der Waals surface area contributed by atoms with Crippen LogP contribution in [-0.4, -0.2) is 32.6 Å². The minimum absolute atomic E-state index is 0.0858. The standard InChI is InChI=1S/C13H16O5/c1-9(14)18-7-6-11(15)10-4-5-12(16-2)13(8-10)17-3/h4-5,8H,6-7H2,1-3H3. The molecule has 0 unspecified atom stereocenters. The maximum atomic E-state index is 11.8. The Morgan fingerprint density at radius 1 is 1.11 bits per heavy atom. The van der Waals surface area contributed by atoms with Crippen molar-refractivity contribution in [3.05, 3.63) is 23.8 Å². The van der Waals surface area contributed by atoms with E-state index >= 15 is 0 Å². The molecule has 0 aliphatic rings. The highest BCUT2D eigenvalue weighted by atomic mass is 16.5. The van der Waals surface area contributed by atoms with Crippen LogP contribution in [0.1, 0.15) is 23.7 Å². The summed E-state index contributed by atoms with van der Waals surface area (Å²) in [6, 6.07) is 4.92. The van der Waals surface area contributed by atoms with Crippen LogP contribution < -0.4 is 9.47 Å². The Bertz CT molecular complexity index is 439. The van der Waals surface area contributed by atoms with Crippen LogP contribution in [0.5, 0.6) is 11.5 Å². The van der Waals surface area contributed by atoms with Crippen LogP contribution in [0.2, 0.25) is 0 Å². The van der Waals surface area contributed by atoms with Gasteiger partial charge in [0, 0.05) is 18.9 Å². The maximum absolute atomic E-state index is 11.8. The Morgan fingerprint density at radius 3 is 2.33 bits per heavy atom. The predicted molar refractivity (Wildman–Crippen MR) is 65.1 cm³/mol. The second-order valence-electron chi connectivity index (χ2n) is 3.58. The molecule has 0 radical (unpaired) electrons. The number of esters is 1. The lowest BCUT2D eigenvalue weighted by Crippen LogP contribution is -2.07. The van der Waals surface area contributed by atoms with E-state index in [0.717, 1.165) is 0 Å². The van der Waals surface area contributed by atoms with Crippen molar-refractivity contribution in [1.29, 1.82) is 0 Å². The van der Waals surface area contributed by atoms with Gasteiger partial charge in [-0.3, -0.25) is 9.59 Å². The maximum Gasteiger partial charge on any atom is 0.302 e. The summed E-state index contributed by atoms with van der Waals surface area (Å²) < 4.78 is 14.9. The fourth-order valence-electron chi connectivity index (χ4n) is 1.44. The van der Waals surface area contributed by atoms with Crippen LogP contribution in [0.25, 0.3) is 0 Å². The molecule has 0 aliphatic heterocycles. The molecule has 5 nitrogen and oxygen atoms in total. The van der Waals surface area contributed by atoms with Gasteiger partial charge in [-0.25, -0.2) is 0 Å². The van der Waals surface area contributed by atoms with E-state index in [4.69, 9.17) is 14.2 Å². The first-order valence-electron chi connectivity index (χ1n) is 5.47. The highest BCUT2D eigenvalue weighted by Crippen LogP contribution is 2.27. The fourth-order valence-corrected chi connectivity index (χ4v) is 1.44. The molecule has 1 aromatic carbocycles. The summed E-state index contributed by atoms with van der Waals surface area (Å²) in [5.74, 6) is 0.553. The predicted octanol–water partition coefficient (Wildman–Crippen LogP) is 1.84. The van der Waals surface area contributed by atoms with E-state index in [9.17, 15) is 9.59 Å². The first-order valence-corrected chi connectivity index (χ1v) is 5.47. The first-order chi connectivity index (χ1) is 8.58. The van der Waals surface area contributed by atoms with Crippen molar-refractivity contribution < 1.29 is 23.8 Å². The van der Waals surface area contributed by atoms with Crippen LogP contribution in [-0.2, 0) is 9.53 Å². The zero-order chi connectivity index (χ0) is 13.5. The van der Waals surface area contributed by atoms with Crippen molar-refractivity contribution in [2.24, 2.45) is 0 Å². The number of ketones is 1. The number of methoxy groups -OCH3 is 2. The molecule has 0 bridgehead atoms. The first kappa shape index (κ1) is 14.0. The SMILES string of the molecule is COc1ccc(C(=O)CCOC(C)=O)cc1OC. The highest BCUT2D eigenvalue weighted by molar-refractivity contribution is 5.96. The smallest absolute Gasteiger partial charge is 0.302 e.